The summed E-state index contributed by atoms with van der Waals surface area (Å²) in [4.78, 5) is 12.3. The van der Waals surface area contributed by atoms with E-state index in [9.17, 15) is 10.1 Å². The Hall–Kier alpha value is -2.56. The molecule has 104 valence electrons. The van der Waals surface area contributed by atoms with Crippen molar-refractivity contribution in [2.45, 2.75) is 6.54 Å². The minimum atomic E-state index is -0.392. The summed E-state index contributed by atoms with van der Waals surface area (Å²) < 4.78 is 0. The fraction of sp³-hybridized carbons (Fsp3) is 0.200. The lowest BCUT2D eigenvalue weighted by molar-refractivity contribution is -0.384. The predicted molar refractivity (Wildman–Crippen MR) is 81.2 cm³/mol. The molecule has 0 heterocycles. The third kappa shape index (κ3) is 3.47. The van der Waals surface area contributed by atoms with Crippen LogP contribution < -0.4 is 10.2 Å². The van der Waals surface area contributed by atoms with Crippen molar-refractivity contribution in [3.05, 3.63) is 64.2 Å². The molecule has 2 aromatic carbocycles. The van der Waals surface area contributed by atoms with Gasteiger partial charge in [-0.1, -0.05) is 18.2 Å². The summed E-state index contributed by atoms with van der Waals surface area (Å²) in [6.45, 7) is 0.634. The van der Waals surface area contributed by atoms with E-state index in [-0.39, 0.29) is 5.69 Å². The Morgan fingerprint density at radius 3 is 2.45 bits per heavy atom. The molecule has 2 aromatic rings. The fourth-order valence-corrected chi connectivity index (χ4v) is 1.85. The number of nitro groups is 1. The predicted octanol–water partition coefficient (Wildman–Crippen LogP) is 3.27. The molecule has 0 aromatic heterocycles. The van der Waals surface area contributed by atoms with Gasteiger partial charge < -0.3 is 10.2 Å². The molecule has 0 aliphatic carbocycles. The minimum absolute atomic E-state index is 0.0953. The number of rotatable bonds is 5. The van der Waals surface area contributed by atoms with Gasteiger partial charge in [0.2, 0.25) is 0 Å². The maximum atomic E-state index is 10.7. The van der Waals surface area contributed by atoms with Gasteiger partial charge in [0, 0.05) is 44.1 Å². The Bertz CT molecular complexity index is 594. The maximum absolute atomic E-state index is 10.7. The van der Waals surface area contributed by atoms with E-state index in [0.29, 0.717) is 6.54 Å². The van der Waals surface area contributed by atoms with Gasteiger partial charge in [0.05, 0.1) is 4.92 Å². The number of hydrogen-bond acceptors (Lipinski definition) is 4. The summed E-state index contributed by atoms with van der Waals surface area (Å²) in [6.07, 6.45) is 0. The number of hydrogen-bond donors (Lipinski definition) is 1. The number of non-ortho nitro benzene ring substituents is 1. The Morgan fingerprint density at radius 1 is 1.15 bits per heavy atom. The highest BCUT2D eigenvalue weighted by molar-refractivity contribution is 5.52. The molecule has 0 aliphatic rings. The monoisotopic (exact) mass is 271 g/mol. The van der Waals surface area contributed by atoms with E-state index >= 15 is 0 Å². The molecule has 0 spiro atoms. The number of benzene rings is 2. The van der Waals surface area contributed by atoms with Crippen LogP contribution >= 0.6 is 0 Å². The number of nitrogens with one attached hydrogen (secondary N) is 1. The molecule has 0 saturated heterocycles. The first-order valence-corrected chi connectivity index (χ1v) is 6.31. The van der Waals surface area contributed by atoms with Crippen molar-refractivity contribution in [2.24, 2.45) is 0 Å². The molecule has 0 radical (unpaired) electrons. The Kier molecular flexibility index (Phi) is 4.20. The zero-order valence-electron chi connectivity index (χ0n) is 11.5. The summed E-state index contributed by atoms with van der Waals surface area (Å²) in [5, 5.41) is 13.9. The average Bonchev–Trinajstić information content (AvgIpc) is 2.46. The first-order valence-electron chi connectivity index (χ1n) is 6.31. The first kappa shape index (κ1) is 13.9. The lowest BCUT2D eigenvalue weighted by Gasteiger charge is -2.13. The van der Waals surface area contributed by atoms with Crippen molar-refractivity contribution in [2.75, 3.05) is 24.3 Å². The molecule has 0 saturated carbocycles. The van der Waals surface area contributed by atoms with Gasteiger partial charge in [0.25, 0.3) is 5.69 Å². The Morgan fingerprint density at radius 2 is 1.85 bits per heavy atom. The van der Waals surface area contributed by atoms with Crippen LogP contribution in [-0.2, 0) is 6.54 Å². The molecular formula is C15H17N3O2. The first-order chi connectivity index (χ1) is 9.56. The highest BCUT2D eigenvalue weighted by Crippen LogP contribution is 2.18. The van der Waals surface area contributed by atoms with E-state index in [1.807, 2.05) is 49.3 Å². The smallest absolute Gasteiger partial charge is 0.271 e. The highest BCUT2D eigenvalue weighted by Gasteiger charge is 2.05. The Balaban J connectivity index is 2.01. The van der Waals surface area contributed by atoms with E-state index in [1.54, 1.807) is 6.07 Å². The van der Waals surface area contributed by atoms with Gasteiger partial charge in [-0.25, -0.2) is 0 Å². The number of nitro benzene ring substituents is 1. The molecule has 20 heavy (non-hydrogen) atoms. The summed E-state index contributed by atoms with van der Waals surface area (Å²) in [6, 6.07) is 14.7. The van der Waals surface area contributed by atoms with Crippen molar-refractivity contribution >= 4 is 17.1 Å². The second kappa shape index (κ2) is 6.06. The van der Waals surface area contributed by atoms with Crippen LogP contribution in [0.1, 0.15) is 5.56 Å². The van der Waals surface area contributed by atoms with Gasteiger partial charge in [-0.05, 0) is 23.8 Å². The second-order valence-electron chi connectivity index (χ2n) is 4.72. The van der Waals surface area contributed by atoms with Gasteiger partial charge in [-0.15, -0.1) is 0 Å². The van der Waals surface area contributed by atoms with Crippen molar-refractivity contribution in [3.8, 4) is 0 Å². The van der Waals surface area contributed by atoms with Crippen LogP contribution in [0, 0.1) is 10.1 Å². The molecule has 0 amide bonds. The van der Waals surface area contributed by atoms with Gasteiger partial charge >= 0.3 is 0 Å². The number of anilines is 2. The van der Waals surface area contributed by atoms with E-state index in [2.05, 4.69) is 5.32 Å². The van der Waals surface area contributed by atoms with Crippen LogP contribution in [0.15, 0.2) is 48.5 Å². The second-order valence-corrected chi connectivity index (χ2v) is 4.72. The quantitative estimate of drug-likeness (QED) is 0.669. The summed E-state index contributed by atoms with van der Waals surface area (Å²) in [7, 11) is 3.99. The van der Waals surface area contributed by atoms with Crippen LogP contribution in [0.3, 0.4) is 0 Å². The maximum Gasteiger partial charge on any atom is 0.271 e. The van der Waals surface area contributed by atoms with Crippen LogP contribution in [0.4, 0.5) is 17.1 Å². The van der Waals surface area contributed by atoms with Crippen LogP contribution in [0.25, 0.3) is 0 Å². The zero-order chi connectivity index (χ0) is 14.5. The van der Waals surface area contributed by atoms with Crippen molar-refractivity contribution < 1.29 is 4.92 Å². The average molecular weight is 271 g/mol. The van der Waals surface area contributed by atoms with Gasteiger partial charge in [-0.3, -0.25) is 10.1 Å². The van der Waals surface area contributed by atoms with Crippen LogP contribution in [-0.4, -0.2) is 19.0 Å². The normalized spacial score (nSPS) is 10.1. The third-order valence-corrected chi connectivity index (χ3v) is 3.01. The summed E-state index contributed by atoms with van der Waals surface area (Å²) >= 11 is 0. The molecular weight excluding hydrogens is 254 g/mol. The molecule has 0 bridgehead atoms. The topological polar surface area (TPSA) is 58.4 Å². The molecule has 0 fully saturated rings. The zero-order valence-corrected chi connectivity index (χ0v) is 11.5. The molecule has 0 atom stereocenters. The molecule has 5 nitrogen and oxygen atoms in total. The van der Waals surface area contributed by atoms with E-state index in [4.69, 9.17) is 0 Å². The largest absolute Gasteiger partial charge is 0.381 e. The summed E-state index contributed by atoms with van der Waals surface area (Å²) in [5.41, 5.74) is 3.11. The molecule has 1 N–H and O–H groups in total. The standard InChI is InChI=1S/C15H17N3O2/c1-17(2)14-8-6-12(7-9-14)11-16-13-4-3-5-15(10-13)18(19)20/h3-10,16H,11H2,1-2H3. The van der Waals surface area contributed by atoms with Crippen molar-refractivity contribution in [1.29, 1.82) is 0 Å². The fourth-order valence-electron chi connectivity index (χ4n) is 1.85. The highest BCUT2D eigenvalue weighted by atomic mass is 16.6. The van der Waals surface area contributed by atoms with Gasteiger partial charge in [0.15, 0.2) is 0 Å². The van der Waals surface area contributed by atoms with Crippen LogP contribution in [0.5, 0.6) is 0 Å². The lowest BCUT2D eigenvalue weighted by atomic mass is 10.2. The molecule has 0 aliphatic heterocycles. The Labute approximate surface area is 118 Å². The molecule has 5 heteroatoms. The van der Waals surface area contributed by atoms with Crippen LogP contribution in [0.2, 0.25) is 0 Å². The number of nitrogens with zero attached hydrogens (tertiary/aromatic N) is 2. The summed E-state index contributed by atoms with van der Waals surface area (Å²) in [5.74, 6) is 0. The third-order valence-electron chi connectivity index (χ3n) is 3.01. The van der Waals surface area contributed by atoms with Gasteiger partial charge in [0.1, 0.15) is 0 Å². The van der Waals surface area contributed by atoms with Gasteiger partial charge in [-0.2, -0.15) is 0 Å². The van der Waals surface area contributed by atoms with E-state index in [1.165, 1.54) is 12.1 Å². The SMILES string of the molecule is CN(C)c1ccc(CNc2cccc([N+](=O)[O-])c2)cc1. The molecule has 2 rings (SSSR count). The van der Waals surface area contributed by atoms with Crippen molar-refractivity contribution in [1.82, 2.24) is 0 Å². The van der Waals surface area contributed by atoms with Crippen molar-refractivity contribution in [3.63, 3.8) is 0 Å². The van der Waals surface area contributed by atoms with E-state index in [0.717, 1.165) is 16.9 Å². The van der Waals surface area contributed by atoms with E-state index < -0.39 is 4.92 Å². The molecule has 0 unspecified atom stereocenters. The lowest BCUT2D eigenvalue weighted by Crippen LogP contribution is -2.08. The minimum Gasteiger partial charge on any atom is -0.381 e.